The topological polar surface area (TPSA) is 135 Å². The number of nitro groups is 1. The van der Waals surface area contributed by atoms with Gasteiger partial charge in [0.2, 0.25) is 5.75 Å². The number of hydrogen-bond donors (Lipinski definition) is 2. The smallest absolute Gasteiger partial charge is 0.315 e. The largest absolute Gasteiger partial charge is 0.500 e. The number of nitro benzene ring substituents is 1. The van der Waals surface area contributed by atoms with E-state index in [1.807, 2.05) is 36.4 Å². The van der Waals surface area contributed by atoms with Crippen molar-refractivity contribution in [2.24, 2.45) is 0 Å². The number of aromatic nitrogens is 1. The molecule has 0 saturated carbocycles. The van der Waals surface area contributed by atoms with Gasteiger partial charge in [-0.25, -0.2) is 4.98 Å². The van der Waals surface area contributed by atoms with Crippen molar-refractivity contribution in [2.75, 3.05) is 12.8 Å². The van der Waals surface area contributed by atoms with Crippen molar-refractivity contribution in [1.29, 1.82) is 5.26 Å². The average Bonchev–Trinajstić information content (AvgIpc) is 2.68. The molecule has 0 amide bonds. The van der Waals surface area contributed by atoms with Gasteiger partial charge in [0.15, 0.2) is 5.75 Å². The first-order valence-corrected chi connectivity index (χ1v) is 7.77. The minimum absolute atomic E-state index is 0.00174. The maximum atomic E-state index is 11.3. The molecule has 0 saturated heterocycles. The quantitative estimate of drug-likeness (QED) is 0.535. The number of anilines is 1. The summed E-state index contributed by atoms with van der Waals surface area (Å²) in [5.41, 5.74) is 7.42. The summed E-state index contributed by atoms with van der Waals surface area (Å²) in [6, 6.07) is 13.7. The van der Waals surface area contributed by atoms with E-state index >= 15 is 0 Å². The molecule has 3 aromatic rings. The highest BCUT2D eigenvalue weighted by Crippen LogP contribution is 2.44. The van der Waals surface area contributed by atoms with Crippen LogP contribution in [0.2, 0.25) is 0 Å². The van der Waals surface area contributed by atoms with Crippen LogP contribution < -0.4 is 10.5 Å². The molecule has 8 nitrogen and oxygen atoms in total. The summed E-state index contributed by atoms with van der Waals surface area (Å²) in [6.07, 6.45) is 1.51. The van der Waals surface area contributed by atoms with Gasteiger partial charge in [0.05, 0.1) is 12.0 Å². The first kappa shape index (κ1) is 17.7. The zero-order chi connectivity index (χ0) is 19.6. The zero-order valence-corrected chi connectivity index (χ0v) is 14.2. The van der Waals surface area contributed by atoms with E-state index in [9.17, 15) is 20.5 Å². The monoisotopic (exact) mass is 362 g/mol. The van der Waals surface area contributed by atoms with Gasteiger partial charge in [0.1, 0.15) is 17.5 Å². The number of ether oxygens (including phenoxy) is 1. The Morgan fingerprint density at radius 3 is 2.56 bits per heavy atom. The number of methoxy groups -OCH3 is 1. The van der Waals surface area contributed by atoms with Gasteiger partial charge in [0, 0.05) is 23.4 Å². The molecular weight excluding hydrogens is 348 g/mol. The molecule has 0 aliphatic rings. The molecule has 3 N–H and O–H groups in total. The van der Waals surface area contributed by atoms with Gasteiger partial charge < -0.3 is 15.6 Å². The van der Waals surface area contributed by atoms with Crippen LogP contribution in [-0.4, -0.2) is 22.1 Å². The number of rotatable bonds is 4. The molecule has 1 aromatic heterocycles. The van der Waals surface area contributed by atoms with Crippen molar-refractivity contribution in [3.63, 3.8) is 0 Å². The second-order valence-corrected chi connectivity index (χ2v) is 5.59. The number of hydrogen-bond acceptors (Lipinski definition) is 7. The highest BCUT2D eigenvalue weighted by molar-refractivity contribution is 5.91. The molecule has 0 aliphatic heterocycles. The maximum absolute atomic E-state index is 11.3. The lowest BCUT2D eigenvalue weighted by Crippen LogP contribution is -2.01. The summed E-state index contributed by atoms with van der Waals surface area (Å²) < 4.78 is 5.06. The predicted octanol–water partition coefficient (Wildman–Crippen LogP) is 3.49. The SMILES string of the molecule is COc1cc(-c2c(-c3ccccc3)cnc(N)c2C#N)cc([N+](=O)[O-])c1O. The number of nitrogen functional groups attached to an aromatic ring is 1. The van der Waals surface area contributed by atoms with Gasteiger partial charge in [-0.15, -0.1) is 0 Å². The Bertz CT molecular complexity index is 1080. The van der Waals surface area contributed by atoms with Crippen molar-refractivity contribution in [3.05, 3.63) is 64.3 Å². The van der Waals surface area contributed by atoms with Crippen LogP contribution in [0, 0.1) is 21.4 Å². The number of aromatic hydroxyl groups is 1. The van der Waals surface area contributed by atoms with Crippen LogP contribution in [0.15, 0.2) is 48.7 Å². The Labute approximate surface area is 154 Å². The number of phenolic OH excluding ortho intramolecular Hbond substituents is 1. The summed E-state index contributed by atoms with van der Waals surface area (Å²) in [4.78, 5) is 14.7. The fourth-order valence-corrected chi connectivity index (χ4v) is 2.81. The van der Waals surface area contributed by atoms with Crippen molar-refractivity contribution < 1.29 is 14.8 Å². The van der Waals surface area contributed by atoms with Gasteiger partial charge in [-0.2, -0.15) is 5.26 Å². The second-order valence-electron chi connectivity index (χ2n) is 5.59. The third-order valence-electron chi connectivity index (χ3n) is 4.06. The van der Waals surface area contributed by atoms with E-state index in [1.165, 1.54) is 25.4 Å². The number of nitrogens with two attached hydrogens (primary N) is 1. The third-order valence-corrected chi connectivity index (χ3v) is 4.06. The lowest BCUT2D eigenvalue weighted by Gasteiger charge is -2.14. The molecule has 3 rings (SSSR count). The fourth-order valence-electron chi connectivity index (χ4n) is 2.81. The van der Waals surface area contributed by atoms with Crippen LogP contribution in [0.25, 0.3) is 22.3 Å². The van der Waals surface area contributed by atoms with Crippen LogP contribution in [0.3, 0.4) is 0 Å². The molecule has 27 heavy (non-hydrogen) atoms. The van der Waals surface area contributed by atoms with Crippen molar-refractivity contribution >= 4 is 11.5 Å². The highest BCUT2D eigenvalue weighted by Gasteiger charge is 2.24. The first-order valence-electron chi connectivity index (χ1n) is 7.77. The van der Waals surface area contributed by atoms with E-state index in [1.54, 1.807) is 0 Å². The highest BCUT2D eigenvalue weighted by atomic mass is 16.6. The van der Waals surface area contributed by atoms with E-state index in [-0.39, 0.29) is 17.1 Å². The molecule has 1 heterocycles. The molecule has 0 aliphatic carbocycles. The van der Waals surface area contributed by atoms with E-state index in [0.29, 0.717) is 16.7 Å². The number of benzene rings is 2. The standard InChI is InChI=1S/C19H14N4O4/c1-27-16-8-12(7-15(18(16)24)23(25)26)17-13(9-20)19(21)22-10-14(17)11-5-3-2-4-6-11/h2-8,10,24H,1H3,(H2,21,22). The summed E-state index contributed by atoms with van der Waals surface area (Å²) in [6.45, 7) is 0. The van der Waals surface area contributed by atoms with Crippen molar-refractivity contribution in [1.82, 2.24) is 4.98 Å². The van der Waals surface area contributed by atoms with Crippen molar-refractivity contribution in [2.45, 2.75) is 0 Å². The Morgan fingerprint density at radius 2 is 1.96 bits per heavy atom. The minimum Gasteiger partial charge on any atom is -0.500 e. The number of nitrogens with zero attached hydrogens (tertiary/aromatic N) is 3. The zero-order valence-electron chi connectivity index (χ0n) is 14.2. The van der Waals surface area contributed by atoms with E-state index < -0.39 is 16.4 Å². The van der Waals surface area contributed by atoms with E-state index in [2.05, 4.69) is 4.98 Å². The maximum Gasteiger partial charge on any atom is 0.315 e. The normalized spacial score (nSPS) is 10.2. The molecule has 0 unspecified atom stereocenters. The summed E-state index contributed by atoms with van der Waals surface area (Å²) >= 11 is 0. The summed E-state index contributed by atoms with van der Waals surface area (Å²) in [5, 5.41) is 31.0. The summed E-state index contributed by atoms with van der Waals surface area (Å²) in [7, 11) is 1.28. The Hall–Kier alpha value is -4.12. The number of phenols is 1. The molecule has 134 valence electrons. The fraction of sp³-hybridized carbons (Fsp3) is 0.0526. The Balaban J connectivity index is 2.41. The Kier molecular flexibility index (Phi) is 4.60. The molecule has 0 radical (unpaired) electrons. The third kappa shape index (κ3) is 3.09. The molecule has 0 atom stereocenters. The molecular formula is C19H14N4O4. The molecule has 0 spiro atoms. The van der Waals surface area contributed by atoms with Crippen molar-refractivity contribution in [3.8, 4) is 39.8 Å². The number of pyridine rings is 1. The lowest BCUT2D eigenvalue weighted by molar-refractivity contribution is -0.385. The van der Waals surface area contributed by atoms with E-state index in [0.717, 1.165) is 5.56 Å². The van der Waals surface area contributed by atoms with E-state index in [4.69, 9.17) is 10.5 Å². The van der Waals surface area contributed by atoms with Crippen LogP contribution in [-0.2, 0) is 0 Å². The molecule has 0 fully saturated rings. The Morgan fingerprint density at radius 1 is 1.26 bits per heavy atom. The summed E-state index contributed by atoms with van der Waals surface area (Å²) in [5.74, 6) is -0.674. The van der Waals surface area contributed by atoms with Crippen LogP contribution >= 0.6 is 0 Å². The van der Waals surface area contributed by atoms with Gasteiger partial charge >= 0.3 is 5.69 Å². The van der Waals surface area contributed by atoms with Gasteiger partial charge in [-0.3, -0.25) is 10.1 Å². The first-order chi connectivity index (χ1) is 13.0. The lowest BCUT2D eigenvalue weighted by atomic mass is 9.92. The molecule has 2 aromatic carbocycles. The average molecular weight is 362 g/mol. The molecule has 0 bridgehead atoms. The number of nitriles is 1. The van der Waals surface area contributed by atoms with Gasteiger partial charge in [-0.05, 0) is 17.2 Å². The minimum atomic E-state index is -0.722. The van der Waals surface area contributed by atoms with Crippen LogP contribution in [0.4, 0.5) is 11.5 Å². The van der Waals surface area contributed by atoms with Gasteiger partial charge in [0.25, 0.3) is 0 Å². The van der Waals surface area contributed by atoms with Gasteiger partial charge in [-0.1, -0.05) is 30.3 Å². The second kappa shape index (κ2) is 7.01. The predicted molar refractivity (Wildman–Crippen MR) is 99.1 cm³/mol. The van der Waals surface area contributed by atoms with Crippen LogP contribution in [0.5, 0.6) is 11.5 Å². The molecule has 8 heteroatoms. The van der Waals surface area contributed by atoms with Crippen LogP contribution in [0.1, 0.15) is 5.56 Å².